The number of rotatable bonds is 8. The van der Waals surface area contributed by atoms with Gasteiger partial charge >= 0.3 is 0 Å². The molecule has 0 radical (unpaired) electrons. The summed E-state index contributed by atoms with van der Waals surface area (Å²) in [5, 5.41) is 4.72. The molecule has 4 amide bonds. The predicted molar refractivity (Wildman–Crippen MR) is 125 cm³/mol. The lowest BCUT2D eigenvalue weighted by atomic mass is 10.0. The lowest BCUT2D eigenvalue weighted by molar-refractivity contribution is -0.125. The van der Waals surface area contributed by atoms with Gasteiger partial charge < -0.3 is 10.6 Å². The van der Waals surface area contributed by atoms with Crippen molar-refractivity contribution in [3.63, 3.8) is 0 Å². The van der Waals surface area contributed by atoms with Crippen molar-refractivity contribution in [3.8, 4) is 0 Å². The third kappa shape index (κ3) is 6.07. The van der Waals surface area contributed by atoms with E-state index in [0.29, 0.717) is 11.8 Å². The molecule has 1 aliphatic rings. The Morgan fingerprint density at radius 3 is 2.38 bits per heavy atom. The fourth-order valence-corrected chi connectivity index (χ4v) is 4.04. The summed E-state index contributed by atoms with van der Waals surface area (Å²) in [6.45, 7) is 3.39. The van der Waals surface area contributed by atoms with Crippen molar-refractivity contribution in [2.45, 2.75) is 19.9 Å². The Morgan fingerprint density at radius 2 is 1.74 bits per heavy atom. The Morgan fingerprint density at radius 1 is 1.06 bits per heavy atom. The van der Waals surface area contributed by atoms with E-state index in [1.54, 1.807) is 19.9 Å². The second kappa shape index (κ2) is 11.1. The molecule has 0 bridgehead atoms. The Hall–Kier alpha value is -3.53. The molecule has 2 aromatic rings. The fourth-order valence-electron chi connectivity index (χ4n) is 3.19. The first kappa shape index (κ1) is 25.1. The molecule has 0 aromatic heterocycles. The van der Waals surface area contributed by atoms with Gasteiger partial charge in [0, 0.05) is 24.2 Å². The van der Waals surface area contributed by atoms with Gasteiger partial charge in [-0.1, -0.05) is 32.0 Å². The SMILES string of the molecule is CC(C)[C@H](NC(=O)c1ccc(F)cc1)C(=O)NCCN1C(=O)S/C(=C\c2ccccc2F)C1=O. The zero-order chi connectivity index (χ0) is 24.8. The first-order chi connectivity index (χ1) is 16.2. The molecule has 7 nitrogen and oxygen atoms in total. The second-order valence-corrected chi connectivity index (χ2v) is 8.84. The van der Waals surface area contributed by atoms with Gasteiger partial charge in [0.15, 0.2) is 0 Å². The fraction of sp³-hybridized carbons (Fsp3) is 0.250. The van der Waals surface area contributed by atoms with Crippen molar-refractivity contribution in [3.05, 3.63) is 76.2 Å². The highest BCUT2D eigenvalue weighted by molar-refractivity contribution is 8.18. The van der Waals surface area contributed by atoms with Gasteiger partial charge in [-0.15, -0.1) is 0 Å². The molecule has 3 rings (SSSR count). The average molecular weight is 488 g/mol. The first-order valence-electron chi connectivity index (χ1n) is 10.5. The molecule has 0 unspecified atom stereocenters. The molecule has 2 aromatic carbocycles. The molecule has 0 aliphatic carbocycles. The number of hydrogen-bond acceptors (Lipinski definition) is 5. The van der Waals surface area contributed by atoms with E-state index < -0.39 is 40.6 Å². The number of carbonyl (C=O) groups is 4. The molecule has 1 heterocycles. The molecule has 1 atom stereocenters. The van der Waals surface area contributed by atoms with Gasteiger partial charge in [0.25, 0.3) is 17.1 Å². The number of carbonyl (C=O) groups excluding carboxylic acids is 4. The third-order valence-corrected chi connectivity index (χ3v) is 5.95. The van der Waals surface area contributed by atoms with Crippen LogP contribution in [0.1, 0.15) is 29.8 Å². The highest BCUT2D eigenvalue weighted by Crippen LogP contribution is 2.32. The van der Waals surface area contributed by atoms with Crippen LogP contribution < -0.4 is 10.6 Å². The van der Waals surface area contributed by atoms with Crippen LogP contribution in [-0.4, -0.2) is 47.0 Å². The minimum Gasteiger partial charge on any atom is -0.353 e. The smallest absolute Gasteiger partial charge is 0.293 e. The van der Waals surface area contributed by atoms with Crippen molar-refractivity contribution in [2.24, 2.45) is 5.92 Å². The van der Waals surface area contributed by atoms with Crippen molar-refractivity contribution in [2.75, 3.05) is 13.1 Å². The quantitative estimate of drug-likeness (QED) is 0.555. The van der Waals surface area contributed by atoms with Gasteiger partial charge in [-0.3, -0.25) is 24.1 Å². The maximum Gasteiger partial charge on any atom is 0.293 e. The molecule has 1 aliphatic heterocycles. The summed E-state index contributed by atoms with van der Waals surface area (Å²) in [6, 6.07) is 9.94. The molecule has 0 spiro atoms. The van der Waals surface area contributed by atoms with Gasteiger partial charge in [-0.2, -0.15) is 0 Å². The van der Waals surface area contributed by atoms with Crippen molar-refractivity contribution in [1.29, 1.82) is 0 Å². The van der Waals surface area contributed by atoms with E-state index in [2.05, 4.69) is 10.6 Å². The molecule has 10 heteroatoms. The maximum absolute atomic E-state index is 13.9. The van der Waals surface area contributed by atoms with Crippen LogP contribution in [0.25, 0.3) is 6.08 Å². The van der Waals surface area contributed by atoms with Gasteiger partial charge in [-0.25, -0.2) is 8.78 Å². The molecule has 34 heavy (non-hydrogen) atoms. The summed E-state index contributed by atoms with van der Waals surface area (Å²) in [7, 11) is 0. The number of halogens is 2. The summed E-state index contributed by atoms with van der Waals surface area (Å²) in [6.07, 6.45) is 1.32. The number of nitrogens with zero attached hydrogens (tertiary/aromatic N) is 1. The number of benzene rings is 2. The van der Waals surface area contributed by atoms with E-state index in [9.17, 15) is 28.0 Å². The minimum absolute atomic E-state index is 0.0283. The minimum atomic E-state index is -0.881. The summed E-state index contributed by atoms with van der Waals surface area (Å²) in [4.78, 5) is 50.9. The van der Waals surface area contributed by atoms with Crippen molar-refractivity contribution < 1.29 is 28.0 Å². The second-order valence-electron chi connectivity index (χ2n) is 7.85. The summed E-state index contributed by atoms with van der Waals surface area (Å²) in [5.41, 5.74) is 0.400. The van der Waals surface area contributed by atoms with Gasteiger partial charge in [-0.05, 0) is 54.1 Å². The molecule has 1 saturated heterocycles. The summed E-state index contributed by atoms with van der Waals surface area (Å²) in [5.74, 6) is -2.84. The highest BCUT2D eigenvalue weighted by Gasteiger charge is 2.35. The number of hydrogen-bond donors (Lipinski definition) is 2. The predicted octanol–water partition coefficient (Wildman–Crippen LogP) is 3.57. The molecular weight excluding hydrogens is 464 g/mol. The van der Waals surface area contributed by atoms with E-state index in [1.165, 1.54) is 36.4 Å². The summed E-state index contributed by atoms with van der Waals surface area (Å²) >= 11 is 0.698. The summed E-state index contributed by atoms with van der Waals surface area (Å²) < 4.78 is 26.9. The van der Waals surface area contributed by atoms with E-state index in [-0.39, 0.29) is 35.0 Å². The average Bonchev–Trinajstić information content (AvgIpc) is 3.06. The largest absolute Gasteiger partial charge is 0.353 e. The molecule has 2 N–H and O–H groups in total. The molecular formula is C24H23F2N3O4S. The monoisotopic (exact) mass is 487 g/mol. The highest BCUT2D eigenvalue weighted by atomic mass is 32.2. The van der Waals surface area contributed by atoms with E-state index in [0.717, 1.165) is 17.0 Å². The lowest BCUT2D eigenvalue weighted by Gasteiger charge is -2.22. The van der Waals surface area contributed by atoms with Gasteiger partial charge in [0.2, 0.25) is 5.91 Å². The molecule has 0 saturated carbocycles. The van der Waals surface area contributed by atoms with E-state index in [4.69, 9.17) is 0 Å². The number of amides is 4. The Bertz CT molecular complexity index is 1140. The standard InChI is InChI=1S/C24H23F2N3O4S/c1-14(2)20(28-21(30)15-7-9-17(25)10-8-15)22(31)27-11-12-29-23(32)19(34-24(29)33)13-16-5-3-4-6-18(16)26/h3-10,13-14,20H,11-12H2,1-2H3,(H,27,31)(H,28,30)/b19-13-/t20-/m0/s1. The Labute approximate surface area is 199 Å². The zero-order valence-electron chi connectivity index (χ0n) is 18.5. The van der Waals surface area contributed by atoms with Crippen LogP contribution in [0.3, 0.4) is 0 Å². The van der Waals surface area contributed by atoms with Crippen LogP contribution in [0.4, 0.5) is 13.6 Å². The van der Waals surface area contributed by atoms with Crippen LogP contribution in [0.15, 0.2) is 53.4 Å². The maximum atomic E-state index is 13.9. The van der Waals surface area contributed by atoms with Gasteiger partial charge in [0.1, 0.15) is 17.7 Å². The van der Waals surface area contributed by atoms with Crippen LogP contribution >= 0.6 is 11.8 Å². The normalized spacial score (nSPS) is 15.7. The van der Waals surface area contributed by atoms with Crippen molar-refractivity contribution in [1.82, 2.24) is 15.5 Å². The number of thioether (sulfide) groups is 1. The third-order valence-electron chi connectivity index (χ3n) is 5.04. The van der Waals surface area contributed by atoms with Crippen LogP contribution in [0.2, 0.25) is 0 Å². The van der Waals surface area contributed by atoms with E-state index in [1.807, 2.05) is 0 Å². The zero-order valence-corrected chi connectivity index (χ0v) is 19.3. The number of nitrogens with one attached hydrogen (secondary N) is 2. The molecule has 178 valence electrons. The Kier molecular flexibility index (Phi) is 8.17. The van der Waals surface area contributed by atoms with Crippen LogP contribution in [0, 0.1) is 17.6 Å². The van der Waals surface area contributed by atoms with E-state index >= 15 is 0 Å². The van der Waals surface area contributed by atoms with Crippen LogP contribution in [-0.2, 0) is 9.59 Å². The molecule has 1 fully saturated rings. The van der Waals surface area contributed by atoms with Crippen molar-refractivity contribution >= 4 is 40.8 Å². The number of imide groups is 1. The first-order valence-corrected chi connectivity index (χ1v) is 11.3. The topological polar surface area (TPSA) is 95.6 Å². The van der Waals surface area contributed by atoms with Crippen LogP contribution in [0.5, 0.6) is 0 Å². The Balaban J connectivity index is 1.57. The van der Waals surface area contributed by atoms with Gasteiger partial charge in [0.05, 0.1) is 4.91 Å². The lowest BCUT2D eigenvalue weighted by Crippen LogP contribution is -2.51.